The summed E-state index contributed by atoms with van der Waals surface area (Å²) >= 11 is 0. The van der Waals surface area contributed by atoms with Crippen LogP contribution < -0.4 is 5.73 Å². The van der Waals surface area contributed by atoms with Crippen LogP contribution in [-0.2, 0) is 0 Å². The highest BCUT2D eigenvalue weighted by Gasteiger charge is 2.08. The van der Waals surface area contributed by atoms with E-state index in [2.05, 4.69) is 25.1 Å². The maximum absolute atomic E-state index is 5.67. The van der Waals surface area contributed by atoms with Crippen molar-refractivity contribution >= 4 is 5.95 Å². The molecule has 90 valence electrons. The summed E-state index contributed by atoms with van der Waals surface area (Å²) in [6, 6.07) is 3.63. The standard InChI is InChI=1S/C10H10N8/c1-7-3-6-18(16-7)10-14-8(11)13-9(15-10)17-5-2-4-12-17/h2-6H,1H3,(H2,11,13,14,15). The molecule has 0 aliphatic rings. The third-order valence-corrected chi connectivity index (χ3v) is 2.27. The molecule has 3 heterocycles. The summed E-state index contributed by atoms with van der Waals surface area (Å²) in [5, 5.41) is 8.27. The summed E-state index contributed by atoms with van der Waals surface area (Å²) in [5.41, 5.74) is 6.54. The Hall–Kier alpha value is -2.77. The van der Waals surface area contributed by atoms with Gasteiger partial charge >= 0.3 is 0 Å². The monoisotopic (exact) mass is 242 g/mol. The largest absolute Gasteiger partial charge is 0.368 e. The Morgan fingerprint density at radius 1 is 1.06 bits per heavy atom. The number of anilines is 1. The third-order valence-electron chi connectivity index (χ3n) is 2.27. The van der Waals surface area contributed by atoms with Crippen molar-refractivity contribution < 1.29 is 0 Å². The molecule has 2 N–H and O–H groups in total. The second kappa shape index (κ2) is 3.91. The lowest BCUT2D eigenvalue weighted by Crippen LogP contribution is -2.11. The molecule has 0 unspecified atom stereocenters. The molecule has 8 nitrogen and oxygen atoms in total. The fraction of sp³-hybridized carbons (Fsp3) is 0.100. The molecule has 3 rings (SSSR count). The van der Waals surface area contributed by atoms with Crippen LogP contribution in [0.2, 0.25) is 0 Å². The molecule has 0 atom stereocenters. The Morgan fingerprint density at radius 3 is 2.44 bits per heavy atom. The number of hydrogen-bond acceptors (Lipinski definition) is 6. The van der Waals surface area contributed by atoms with Gasteiger partial charge in [-0.05, 0) is 19.1 Å². The van der Waals surface area contributed by atoms with Gasteiger partial charge in [-0.1, -0.05) is 0 Å². The first kappa shape index (κ1) is 10.4. The van der Waals surface area contributed by atoms with Gasteiger partial charge in [-0.15, -0.1) is 0 Å². The van der Waals surface area contributed by atoms with Crippen molar-refractivity contribution in [1.82, 2.24) is 34.5 Å². The number of nitrogens with two attached hydrogens (primary N) is 1. The molecule has 3 aromatic heterocycles. The molecular formula is C10H10N8. The first-order chi connectivity index (χ1) is 8.72. The average Bonchev–Trinajstić information content (AvgIpc) is 2.98. The first-order valence-corrected chi connectivity index (χ1v) is 5.26. The van der Waals surface area contributed by atoms with Crippen molar-refractivity contribution in [3.05, 3.63) is 36.4 Å². The van der Waals surface area contributed by atoms with Gasteiger partial charge in [0.1, 0.15) is 0 Å². The zero-order valence-corrected chi connectivity index (χ0v) is 9.59. The minimum Gasteiger partial charge on any atom is -0.368 e. The summed E-state index contributed by atoms with van der Waals surface area (Å²) in [7, 11) is 0. The molecule has 0 aliphatic heterocycles. The van der Waals surface area contributed by atoms with Crippen LogP contribution >= 0.6 is 0 Å². The topological polar surface area (TPSA) is 100 Å². The molecule has 0 spiro atoms. The lowest BCUT2D eigenvalue weighted by atomic mass is 10.5. The Bertz CT molecular complexity index is 669. The smallest absolute Gasteiger partial charge is 0.257 e. The van der Waals surface area contributed by atoms with E-state index in [4.69, 9.17) is 5.73 Å². The minimum absolute atomic E-state index is 0.124. The van der Waals surface area contributed by atoms with Crippen LogP contribution in [0.25, 0.3) is 11.9 Å². The maximum atomic E-state index is 5.67. The number of nitrogens with zero attached hydrogens (tertiary/aromatic N) is 7. The number of nitrogen functional groups attached to an aromatic ring is 1. The number of aromatic nitrogens is 7. The predicted molar refractivity (Wildman–Crippen MR) is 63.2 cm³/mol. The van der Waals surface area contributed by atoms with E-state index in [0.717, 1.165) is 5.69 Å². The van der Waals surface area contributed by atoms with Gasteiger partial charge in [-0.25, -0.2) is 9.36 Å². The summed E-state index contributed by atoms with van der Waals surface area (Å²) in [4.78, 5) is 12.3. The molecule has 3 aromatic rings. The van der Waals surface area contributed by atoms with E-state index in [0.29, 0.717) is 11.9 Å². The van der Waals surface area contributed by atoms with E-state index in [9.17, 15) is 0 Å². The van der Waals surface area contributed by atoms with Gasteiger partial charge in [-0.3, -0.25) is 0 Å². The van der Waals surface area contributed by atoms with Crippen molar-refractivity contribution in [3.63, 3.8) is 0 Å². The van der Waals surface area contributed by atoms with E-state index >= 15 is 0 Å². The molecule has 0 radical (unpaired) electrons. The maximum Gasteiger partial charge on any atom is 0.257 e. The second-order valence-corrected chi connectivity index (χ2v) is 3.65. The van der Waals surface area contributed by atoms with Crippen molar-refractivity contribution in [2.75, 3.05) is 5.73 Å². The van der Waals surface area contributed by atoms with Gasteiger partial charge in [0.2, 0.25) is 5.95 Å². The fourth-order valence-corrected chi connectivity index (χ4v) is 1.49. The molecule has 0 fully saturated rings. The van der Waals surface area contributed by atoms with Crippen LogP contribution in [0, 0.1) is 6.92 Å². The van der Waals surface area contributed by atoms with E-state index in [1.807, 2.05) is 13.0 Å². The quantitative estimate of drug-likeness (QED) is 0.685. The van der Waals surface area contributed by atoms with Gasteiger partial charge in [0, 0.05) is 18.6 Å². The summed E-state index contributed by atoms with van der Waals surface area (Å²) in [5.74, 6) is 0.843. The Balaban J connectivity index is 2.11. The molecule has 0 aliphatic carbocycles. The highest BCUT2D eigenvalue weighted by molar-refractivity contribution is 5.28. The number of rotatable bonds is 2. The van der Waals surface area contributed by atoms with E-state index in [1.165, 1.54) is 4.68 Å². The van der Waals surface area contributed by atoms with Crippen LogP contribution in [0.15, 0.2) is 30.7 Å². The summed E-state index contributed by atoms with van der Waals surface area (Å²) in [6.45, 7) is 1.88. The van der Waals surface area contributed by atoms with Gasteiger partial charge in [-0.2, -0.15) is 25.1 Å². The van der Waals surface area contributed by atoms with E-state index in [1.54, 1.807) is 29.3 Å². The zero-order chi connectivity index (χ0) is 12.5. The van der Waals surface area contributed by atoms with Crippen LogP contribution in [0.3, 0.4) is 0 Å². The molecule has 0 saturated heterocycles. The Kier molecular flexibility index (Phi) is 2.26. The van der Waals surface area contributed by atoms with Crippen molar-refractivity contribution in [3.8, 4) is 11.9 Å². The third kappa shape index (κ3) is 1.79. The number of hydrogen-bond donors (Lipinski definition) is 1. The molecule has 0 amide bonds. The molecule has 18 heavy (non-hydrogen) atoms. The second-order valence-electron chi connectivity index (χ2n) is 3.65. The van der Waals surface area contributed by atoms with Gasteiger partial charge in [0.15, 0.2) is 0 Å². The van der Waals surface area contributed by atoms with Crippen LogP contribution in [0.4, 0.5) is 5.95 Å². The SMILES string of the molecule is Cc1ccn(-c2nc(N)nc(-n3cccn3)n2)n1. The normalized spacial score (nSPS) is 10.7. The van der Waals surface area contributed by atoms with Crippen LogP contribution in [-0.4, -0.2) is 34.5 Å². The molecule has 0 bridgehead atoms. The van der Waals surface area contributed by atoms with Gasteiger partial charge in [0.25, 0.3) is 11.9 Å². The van der Waals surface area contributed by atoms with Crippen molar-refractivity contribution in [2.45, 2.75) is 6.92 Å². The van der Waals surface area contributed by atoms with Crippen molar-refractivity contribution in [2.24, 2.45) is 0 Å². The fourth-order valence-electron chi connectivity index (χ4n) is 1.49. The van der Waals surface area contributed by atoms with Gasteiger partial charge < -0.3 is 5.73 Å². The highest BCUT2D eigenvalue weighted by Crippen LogP contribution is 2.06. The van der Waals surface area contributed by atoms with Gasteiger partial charge in [0.05, 0.1) is 5.69 Å². The van der Waals surface area contributed by atoms with E-state index < -0.39 is 0 Å². The molecule has 0 saturated carbocycles. The predicted octanol–water partition coefficient (Wildman–Crippen LogP) is 0.134. The lowest BCUT2D eigenvalue weighted by molar-refractivity contribution is 0.744. The average molecular weight is 242 g/mol. The van der Waals surface area contributed by atoms with E-state index in [-0.39, 0.29) is 5.95 Å². The Morgan fingerprint density at radius 2 is 1.83 bits per heavy atom. The van der Waals surface area contributed by atoms with Crippen molar-refractivity contribution in [1.29, 1.82) is 0 Å². The van der Waals surface area contributed by atoms with Crippen LogP contribution in [0.1, 0.15) is 5.69 Å². The zero-order valence-electron chi connectivity index (χ0n) is 9.59. The lowest BCUT2D eigenvalue weighted by Gasteiger charge is -2.04. The highest BCUT2D eigenvalue weighted by atomic mass is 15.4. The Labute approximate surface area is 102 Å². The molecule has 0 aromatic carbocycles. The minimum atomic E-state index is 0.124. The first-order valence-electron chi connectivity index (χ1n) is 5.26. The number of aryl methyl sites for hydroxylation is 1. The summed E-state index contributed by atoms with van der Waals surface area (Å²) in [6.07, 6.45) is 5.13. The molecular weight excluding hydrogens is 232 g/mol. The summed E-state index contributed by atoms with van der Waals surface area (Å²) < 4.78 is 3.05. The molecule has 8 heteroatoms. The van der Waals surface area contributed by atoms with Crippen LogP contribution in [0.5, 0.6) is 0 Å².